The lowest BCUT2D eigenvalue weighted by atomic mass is 10.0. The summed E-state index contributed by atoms with van der Waals surface area (Å²) in [7, 11) is 0. The zero-order valence-electron chi connectivity index (χ0n) is 19.3. The van der Waals surface area contributed by atoms with Crippen molar-refractivity contribution in [1.29, 1.82) is 0 Å². The third-order valence-corrected chi connectivity index (χ3v) is 5.72. The molecule has 0 aliphatic heterocycles. The Morgan fingerprint density at radius 2 is 0.767 bits per heavy atom. The first-order valence-corrected chi connectivity index (χ1v) is 12.3. The third kappa shape index (κ3) is 10.7. The summed E-state index contributed by atoms with van der Waals surface area (Å²) in [4.78, 5) is 11.0. The molecule has 2 rings (SSSR count). The van der Waals surface area contributed by atoms with Gasteiger partial charge in [-0.2, -0.15) is 0 Å². The molecule has 0 saturated carbocycles. The predicted octanol–water partition coefficient (Wildman–Crippen LogP) is 8.87. The van der Waals surface area contributed by atoms with Gasteiger partial charge in [0.25, 0.3) is 0 Å². The smallest absolute Gasteiger partial charge is 0.178 e. The van der Waals surface area contributed by atoms with Crippen molar-refractivity contribution >= 4 is 0 Å². The van der Waals surface area contributed by atoms with Gasteiger partial charge in [0, 0.05) is 0 Å². The summed E-state index contributed by atoms with van der Waals surface area (Å²) in [5, 5.41) is 0. The Morgan fingerprint density at radius 1 is 0.433 bits per heavy atom. The highest BCUT2D eigenvalue weighted by atomic mass is 17.2. The first kappa shape index (κ1) is 24.3. The van der Waals surface area contributed by atoms with Crippen LogP contribution < -0.4 is 9.78 Å². The lowest BCUT2D eigenvalue weighted by Gasteiger charge is -2.08. The van der Waals surface area contributed by atoms with Crippen LogP contribution in [0.15, 0.2) is 48.5 Å². The lowest BCUT2D eigenvalue weighted by molar-refractivity contribution is -0.0999. The molecule has 0 saturated heterocycles. The summed E-state index contributed by atoms with van der Waals surface area (Å²) < 4.78 is 0. The summed E-state index contributed by atoms with van der Waals surface area (Å²) in [5.41, 5.74) is 2.74. The molecule has 166 valence electrons. The largest absolute Gasteiger partial charge is 0.290 e. The number of unbranched alkanes of at least 4 members (excludes halogenated alkanes) is 10. The molecule has 0 radical (unpaired) electrons. The van der Waals surface area contributed by atoms with E-state index in [-0.39, 0.29) is 0 Å². The van der Waals surface area contributed by atoms with E-state index in [1.165, 1.54) is 88.2 Å². The molecule has 2 heteroatoms. The van der Waals surface area contributed by atoms with Crippen molar-refractivity contribution in [3.05, 3.63) is 59.7 Å². The fraction of sp³-hybridized carbons (Fsp3) is 0.571. The van der Waals surface area contributed by atoms with Crippen LogP contribution in [0.25, 0.3) is 0 Å². The Morgan fingerprint density at radius 3 is 1.13 bits per heavy atom. The molecule has 0 fully saturated rings. The quantitative estimate of drug-likeness (QED) is 0.147. The van der Waals surface area contributed by atoms with Crippen LogP contribution in [0.3, 0.4) is 0 Å². The zero-order valence-corrected chi connectivity index (χ0v) is 19.3. The molecule has 2 aromatic rings. The minimum absolute atomic E-state index is 0.748. The molecular weight excluding hydrogens is 368 g/mol. The fourth-order valence-electron chi connectivity index (χ4n) is 3.74. The van der Waals surface area contributed by atoms with Crippen LogP contribution in [-0.4, -0.2) is 0 Å². The highest BCUT2D eigenvalue weighted by Crippen LogP contribution is 2.19. The van der Waals surface area contributed by atoms with E-state index < -0.39 is 0 Å². The predicted molar refractivity (Wildman–Crippen MR) is 128 cm³/mol. The van der Waals surface area contributed by atoms with Crippen molar-refractivity contribution in [1.82, 2.24) is 0 Å². The monoisotopic (exact) mass is 410 g/mol. The van der Waals surface area contributed by atoms with Gasteiger partial charge in [0.2, 0.25) is 0 Å². The van der Waals surface area contributed by atoms with Crippen molar-refractivity contribution in [3.8, 4) is 11.5 Å². The summed E-state index contributed by atoms with van der Waals surface area (Å²) in [6.45, 7) is 4.53. The van der Waals surface area contributed by atoms with Crippen molar-refractivity contribution < 1.29 is 9.78 Å². The normalized spacial score (nSPS) is 10.9. The summed E-state index contributed by atoms with van der Waals surface area (Å²) >= 11 is 0. The average molecular weight is 411 g/mol. The van der Waals surface area contributed by atoms with Crippen LogP contribution in [-0.2, 0) is 12.8 Å². The summed E-state index contributed by atoms with van der Waals surface area (Å²) in [6.07, 6.45) is 18.3. The summed E-state index contributed by atoms with van der Waals surface area (Å²) in [5.74, 6) is 1.50. The SMILES string of the molecule is CCCCCCCCc1ccc(OOc2ccc(CCCCCCCC)cc2)cc1. The molecule has 0 atom stereocenters. The van der Waals surface area contributed by atoms with Crippen LogP contribution >= 0.6 is 0 Å². The van der Waals surface area contributed by atoms with E-state index in [0.29, 0.717) is 0 Å². The Bertz CT molecular complexity index is 586. The van der Waals surface area contributed by atoms with Crippen LogP contribution in [0.5, 0.6) is 11.5 Å². The third-order valence-electron chi connectivity index (χ3n) is 5.72. The van der Waals surface area contributed by atoms with Crippen molar-refractivity contribution in [2.24, 2.45) is 0 Å². The van der Waals surface area contributed by atoms with E-state index in [4.69, 9.17) is 9.78 Å². The van der Waals surface area contributed by atoms with E-state index in [2.05, 4.69) is 38.1 Å². The van der Waals surface area contributed by atoms with E-state index in [9.17, 15) is 0 Å². The van der Waals surface area contributed by atoms with Gasteiger partial charge in [0.15, 0.2) is 11.5 Å². The molecule has 2 nitrogen and oxygen atoms in total. The topological polar surface area (TPSA) is 18.5 Å². The van der Waals surface area contributed by atoms with Gasteiger partial charge in [-0.1, -0.05) is 102 Å². The molecule has 0 N–H and O–H groups in total. The summed E-state index contributed by atoms with van der Waals surface area (Å²) in [6, 6.07) is 16.6. The molecule has 0 amide bonds. The van der Waals surface area contributed by atoms with Crippen molar-refractivity contribution in [2.45, 2.75) is 104 Å². The van der Waals surface area contributed by atoms with E-state index >= 15 is 0 Å². The second-order valence-corrected chi connectivity index (χ2v) is 8.49. The fourth-order valence-corrected chi connectivity index (χ4v) is 3.74. The number of benzene rings is 2. The average Bonchev–Trinajstić information content (AvgIpc) is 2.79. The van der Waals surface area contributed by atoms with E-state index in [1.54, 1.807) is 0 Å². The highest BCUT2D eigenvalue weighted by molar-refractivity contribution is 5.29. The van der Waals surface area contributed by atoms with Gasteiger partial charge in [0.1, 0.15) is 0 Å². The van der Waals surface area contributed by atoms with Gasteiger partial charge in [-0.05, 0) is 61.1 Å². The van der Waals surface area contributed by atoms with Gasteiger partial charge in [-0.3, -0.25) is 9.78 Å². The minimum Gasteiger partial charge on any atom is -0.290 e. The minimum atomic E-state index is 0.748. The molecule has 2 aromatic carbocycles. The standard InChI is InChI=1S/C28H42O2/c1-3-5-7-9-11-13-15-25-17-21-27(22-18-25)29-30-28-23-19-26(20-24-28)16-14-12-10-8-6-4-2/h17-24H,3-16H2,1-2H3. The molecule has 0 unspecified atom stereocenters. The Labute approximate surface area is 184 Å². The maximum atomic E-state index is 5.49. The second kappa shape index (κ2) is 15.8. The van der Waals surface area contributed by atoms with Crippen LogP contribution in [0.2, 0.25) is 0 Å². The van der Waals surface area contributed by atoms with Gasteiger partial charge in [-0.25, -0.2) is 0 Å². The molecular formula is C28H42O2. The molecule has 0 aromatic heterocycles. The number of hydrogen-bond acceptors (Lipinski definition) is 2. The molecule has 0 bridgehead atoms. The Hall–Kier alpha value is -1.96. The van der Waals surface area contributed by atoms with Crippen LogP contribution in [0.4, 0.5) is 0 Å². The molecule has 0 spiro atoms. The first-order chi connectivity index (χ1) is 14.8. The molecule has 0 aliphatic carbocycles. The molecule has 30 heavy (non-hydrogen) atoms. The maximum absolute atomic E-state index is 5.49. The zero-order chi connectivity index (χ0) is 21.3. The van der Waals surface area contributed by atoms with Crippen molar-refractivity contribution in [2.75, 3.05) is 0 Å². The Kier molecular flexibility index (Phi) is 12.8. The number of aryl methyl sites for hydroxylation is 2. The van der Waals surface area contributed by atoms with Crippen molar-refractivity contribution in [3.63, 3.8) is 0 Å². The lowest BCUT2D eigenvalue weighted by Crippen LogP contribution is -2.00. The second-order valence-electron chi connectivity index (χ2n) is 8.49. The first-order valence-electron chi connectivity index (χ1n) is 12.3. The number of hydrogen-bond donors (Lipinski definition) is 0. The van der Waals surface area contributed by atoms with Gasteiger partial charge < -0.3 is 0 Å². The number of rotatable bonds is 17. The van der Waals surface area contributed by atoms with E-state index in [0.717, 1.165) is 24.3 Å². The van der Waals surface area contributed by atoms with Gasteiger partial charge >= 0.3 is 0 Å². The van der Waals surface area contributed by atoms with Crippen LogP contribution in [0, 0.1) is 0 Å². The maximum Gasteiger partial charge on any atom is 0.178 e. The van der Waals surface area contributed by atoms with Crippen LogP contribution in [0.1, 0.15) is 102 Å². The van der Waals surface area contributed by atoms with E-state index in [1.807, 2.05) is 24.3 Å². The van der Waals surface area contributed by atoms with Gasteiger partial charge in [0.05, 0.1) is 0 Å². The highest BCUT2D eigenvalue weighted by Gasteiger charge is 2.01. The Balaban J connectivity index is 1.61. The molecule has 0 heterocycles. The molecule has 0 aliphatic rings. The van der Waals surface area contributed by atoms with Gasteiger partial charge in [-0.15, -0.1) is 0 Å².